The van der Waals surface area contributed by atoms with E-state index < -0.39 is 0 Å². The van der Waals surface area contributed by atoms with E-state index in [9.17, 15) is 4.79 Å². The van der Waals surface area contributed by atoms with Crippen LogP contribution in [0.3, 0.4) is 0 Å². The molecular formula is C28H30Cl2N4O4. The molecule has 2 heterocycles. The summed E-state index contributed by atoms with van der Waals surface area (Å²) in [6.07, 6.45) is 3.51. The number of aromatic nitrogens is 2. The molecule has 1 atom stereocenters. The highest BCUT2D eigenvalue weighted by atomic mass is 35.5. The Labute approximate surface area is 231 Å². The minimum Gasteiger partial charge on any atom is -0.495 e. The Kier molecular flexibility index (Phi) is 7.83. The number of carbonyl (C=O) groups excluding carboxylic acids is 1. The van der Waals surface area contributed by atoms with E-state index in [1.54, 1.807) is 20.3 Å². The number of rotatable bonds is 7. The van der Waals surface area contributed by atoms with Gasteiger partial charge in [0, 0.05) is 47.2 Å². The number of halogens is 2. The average Bonchev–Trinajstić information content (AvgIpc) is 3.37. The van der Waals surface area contributed by atoms with Crippen molar-refractivity contribution in [3.05, 3.63) is 63.8 Å². The van der Waals surface area contributed by atoms with Crippen LogP contribution in [-0.2, 0) is 22.4 Å². The van der Waals surface area contributed by atoms with E-state index in [0.29, 0.717) is 46.9 Å². The molecule has 1 fully saturated rings. The molecule has 8 nitrogen and oxygen atoms in total. The van der Waals surface area contributed by atoms with Crippen molar-refractivity contribution in [2.75, 3.05) is 50.7 Å². The zero-order chi connectivity index (χ0) is 26.8. The number of nitrogens with one attached hydrogen (secondary N) is 2. The Hall–Kier alpha value is -3.20. The lowest BCUT2D eigenvalue weighted by molar-refractivity contribution is -0.111. The van der Waals surface area contributed by atoms with Gasteiger partial charge in [0.15, 0.2) is 0 Å². The lowest BCUT2D eigenvalue weighted by Gasteiger charge is -2.29. The van der Waals surface area contributed by atoms with Crippen LogP contribution in [0, 0.1) is 0 Å². The summed E-state index contributed by atoms with van der Waals surface area (Å²) in [5, 5.41) is 11.9. The number of morpholine rings is 1. The third kappa shape index (κ3) is 4.96. The lowest BCUT2D eigenvalue weighted by Crippen LogP contribution is -2.36. The monoisotopic (exact) mass is 556 g/mol. The summed E-state index contributed by atoms with van der Waals surface area (Å²) >= 11 is 13.5. The first kappa shape index (κ1) is 26.4. The molecule has 1 aromatic heterocycles. The smallest absolute Gasteiger partial charge is 0.247 e. The molecule has 5 rings (SSSR count). The SMILES string of the molecule is C=CC(=O)Nc1ccc(N2CCOCC2)cc1-c1n[nH]c2c1CC[C@H](c1c(Cl)c(OC)cc(OC)c1Cl)C2. The second-order valence-electron chi connectivity index (χ2n) is 9.31. The van der Waals surface area contributed by atoms with E-state index in [1.807, 2.05) is 12.1 Å². The summed E-state index contributed by atoms with van der Waals surface area (Å²) in [6, 6.07) is 7.74. The van der Waals surface area contributed by atoms with E-state index >= 15 is 0 Å². The van der Waals surface area contributed by atoms with Gasteiger partial charge >= 0.3 is 0 Å². The van der Waals surface area contributed by atoms with Crippen LogP contribution >= 0.6 is 23.2 Å². The third-order valence-electron chi connectivity index (χ3n) is 7.24. The number of methoxy groups -OCH3 is 2. The normalized spacial score (nSPS) is 17.1. The summed E-state index contributed by atoms with van der Waals surface area (Å²) in [7, 11) is 3.15. The van der Waals surface area contributed by atoms with Gasteiger partial charge in [-0.2, -0.15) is 5.10 Å². The number of ether oxygens (including phenoxy) is 3. The molecule has 3 aromatic rings. The fourth-order valence-corrected chi connectivity index (χ4v) is 6.09. The van der Waals surface area contributed by atoms with Crippen molar-refractivity contribution in [1.82, 2.24) is 10.2 Å². The Morgan fingerprint density at radius 3 is 2.55 bits per heavy atom. The summed E-state index contributed by atoms with van der Waals surface area (Å²) in [5.74, 6) is 0.841. The van der Waals surface area contributed by atoms with Crippen LogP contribution in [0.4, 0.5) is 11.4 Å². The molecule has 1 aliphatic heterocycles. The van der Waals surface area contributed by atoms with Gasteiger partial charge in [0.2, 0.25) is 5.91 Å². The molecule has 10 heteroatoms. The summed E-state index contributed by atoms with van der Waals surface area (Å²) < 4.78 is 16.5. The lowest BCUT2D eigenvalue weighted by atomic mass is 9.81. The van der Waals surface area contributed by atoms with E-state index in [2.05, 4.69) is 28.0 Å². The van der Waals surface area contributed by atoms with Gasteiger partial charge in [-0.25, -0.2) is 0 Å². The van der Waals surface area contributed by atoms with Crippen molar-refractivity contribution in [2.24, 2.45) is 0 Å². The molecule has 1 saturated heterocycles. The summed E-state index contributed by atoms with van der Waals surface area (Å²) in [6.45, 7) is 6.58. The number of aromatic amines is 1. The van der Waals surface area contributed by atoms with Crippen molar-refractivity contribution in [2.45, 2.75) is 25.2 Å². The number of H-pyrrole nitrogens is 1. The van der Waals surface area contributed by atoms with Gasteiger partial charge in [-0.15, -0.1) is 0 Å². The molecule has 200 valence electrons. The van der Waals surface area contributed by atoms with E-state index in [-0.39, 0.29) is 11.8 Å². The Balaban J connectivity index is 1.52. The largest absolute Gasteiger partial charge is 0.495 e. The van der Waals surface area contributed by atoms with Crippen molar-refractivity contribution in [1.29, 1.82) is 0 Å². The van der Waals surface area contributed by atoms with Crippen LogP contribution in [0.15, 0.2) is 36.9 Å². The van der Waals surface area contributed by atoms with Gasteiger partial charge in [-0.1, -0.05) is 29.8 Å². The molecule has 0 bridgehead atoms. The van der Waals surface area contributed by atoms with Gasteiger partial charge in [0.1, 0.15) is 11.5 Å². The third-order valence-corrected chi connectivity index (χ3v) is 8.02. The van der Waals surface area contributed by atoms with E-state index in [4.69, 9.17) is 42.5 Å². The topological polar surface area (TPSA) is 88.7 Å². The standard InChI is InChI=1S/C28H30Cl2N4O4/c1-4-24(35)31-20-8-6-17(34-9-11-38-12-10-34)14-19(20)28-18-7-5-16(13-21(18)32-33-28)25-26(29)22(36-2)15-23(37-3)27(25)30/h4,6,8,14-16H,1,5,7,9-13H2,2-3H3,(H,31,35)(H,32,33)/t16-/m0/s1. The maximum Gasteiger partial charge on any atom is 0.247 e. The second kappa shape index (κ2) is 11.3. The molecule has 2 N–H and O–H groups in total. The van der Waals surface area contributed by atoms with Gasteiger partial charge in [0.05, 0.1) is 48.9 Å². The molecule has 2 aliphatic rings. The molecule has 1 amide bonds. The molecule has 0 unspecified atom stereocenters. The van der Waals surface area contributed by atoms with Crippen LogP contribution in [0.1, 0.15) is 29.2 Å². The fourth-order valence-electron chi connectivity index (χ4n) is 5.28. The van der Waals surface area contributed by atoms with Gasteiger partial charge in [-0.3, -0.25) is 9.89 Å². The zero-order valence-corrected chi connectivity index (χ0v) is 22.9. The molecule has 38 heavy (non-hydrogen) atoms. The van der Waals surface area contributed by atoms with Crippen molar-refractivity contribution in [3.8, 4) is 22.8 Å². The predicted octanol–water partition coefficient (Wildman–Crippen LogP) is 5.63. The molecule has 2 aromatic carbocycles. The predicted molar refractivity (Wildman–Crippen MR) is 150 cm³/mol. The second-order valence-corrected chi connectivity index (χ2v) is 10.1. The molecule has 1 aliphatic carbocycles. The highest BCUT2D eigenvalue weighted by molar-refractivity contribution is 6.38. The highest BCUT2D eigenvalue weighted by Gasteiger charge is 2.31. The van der Waals surface area contributed by atoms with Gasteiger partial charge < -0.3 is 24.4 Å². The quantitative estimate of drug-likeness (QED) is 0.366. The zero-order valence-electron chi connectivity index (χ0n) is 21.4. The van der Waals surface area contributed by atoms with Crippen molar-refractivity contribution in [3.63, 3.8) is 0 Å². The fraction of sp³-hybridized carbons (Fsp3) is 0.357. The van der Waals surface area contributed by atoms with Crippen molar-refractivity contribution < 1.29 is 19.0 Å². The number of fused-ring (bicyclic) bond motifs is 1. The average molecular weight is 557 g/mol. The first-order valence-corrected chi connectivity index (χ1v) is 13.3. The van der Waals surface area contributed by atoms with E-state index in [0.717, 1.165) is 59.7 Å². The molecule has 0 spiro atoms. The first-order chi connectivity index (χ1) is 18.4. The number of amides is 1. The van der Waals surface area contributed by atoms with E-state index in [1.165, 1.54) is 6.08 Å². The molecule has 0 radical (unpaired) electrons. The maximum absolute atomic E-state index is 12.2. The van der Waals surface area contributed by atoms with Crippen LogP contribution < -0.4 is 19.7 Å². The Morgan fingerprint density at radius 2 is 1.89 bits per heavy atom. The van der Waals surface area contributed by atoms with Crippen LogP contribution in [0.25, 0.3) is 11.3 Å². The molecule has 0 saturated carbocycles. The van der Waals surface area contributed by atoms with Crippen LogP contribution in [-0.4, -0.2) is 56.6 Å². The highest BCUT2D eigenvalue weighted by Crippen LogP contribution is 2.48. The van der Waals surface area contributed by atoms with Gasteiger partial charge in [0.25, 0.3) is 0 Å². The summed E-state index contributed by atoms with van der Waals surface area (Å²) in [5.41, 5.74) is 6.39. The maximum atomic E-state index is 12.2. The molecular weight excluding hydrogens is 527 g/mol. The van der Waals surface area contributed by atoms with Crippen molar-refractivity contribution >= 4 is 40.5 Å². The number of nitrogens with zero attached hydrogens (tertiary/aromatic N) is 2. The summed E-state index contributed by atoms with van der Waals surface area (Å²) in [4.78, 5) is 14.5. The number of carbonyl (C=O) groups is 1. The van der Waals surface area contributed by atoms with Gasteiger partial charge in [-0.05, 0) is 49.5 Å². The minimum absolute atomic E-state index is 0.0550. The van der Waals surface area contributed by atoms with Crippen LogP contribution in [0.2, 0.25) is 10.0 Å². The van der Waals surface area contributed by atoms with Crippen LogP contribution in [0.5, 0.6) is 11.5 Å². The number of hydrogen-bond donors (Lipinski definition) is 2. The number of anilines is 2. The Morgan fingerprint density at radius 1 is 1.18 bits per heavy atom. The number of hydrogen-bond acceptors (Lipinski definition) is 6. The Bertz CT molecular complexity index is 1340. The first-order valence-electron chi connectivity index (χ1n) is 12.5. The minimum atomic E-state index is -0.272. The number of benzene rings is 2.